The Morgan fingerprint density at radius 1 is 1.17 bits per heavy atom. The van der Waals surface area contributed by atoms with Gasteiger partial charge < -0.3 is 10.6 Å². The van der Waals surface area contributed by atoms with Crippen LogP contribution in [0.25, 0.3) is 0 Å². The van der Waals surface area contributed by atoms with Crippen LogP contribution in [0.4, 0.5) is 0 Å². The first kappa shape index (κ1) is 22.8. The van der Waals surface area contributed by atoms with Crippen LogP contribution in [0.5, 0.6) is 0 Å². The zero-order valence-corrected chi connectivity index (χ0v) is 19.1. The molecule has 1 aromatic heterocycles. The third-order valence-corrected chi connectivity index (χ3v) is 6.78. The summed E-state index contributed by atoms with van der Waals surface area (Å²) < 4.78 is 0. The van der Waals surface area contributed by atoms with E-state index in [1.54, 1.807) is 35.6 Å². The second-order valence-corrected chi connectivity index (χ2v) is 9.66. The Balaban J connectivity index is 1.46. The standard InChI is InChI=1S/C23H30ClN3O2S/c1-16(2)21(26-22(28)19-7-3-4-8-20(19)24)23(29)25-14-17-9-11-27(12-10-17)15-18-6-5-13-30-18/h3-8,13,16-17,21H,9-12,14-15H2,1-2H3,(H,25,29)(H,26,28). The predicted molar refractivity (Wildman–Crippen MR) is 123 cm³/mol. The Morgan fingerprint density at radius 3 is 2.53 bits per heavy atom. The first-order chi connectivity index (χ1) is 14.4. The monoisotopic (exact) mass is 447 g/mol. The number of hydrogen-bond acceptors (Lipinski definition) is 4. The van der Waals surface area contributed by atoms with Crippen molar-refractivity contribution in [3.05, 3.63) is 57.2 Å². The summed E-state index contributed by atoms with van der Waals surface area (Å²) >= 11 is 7.92. The summed E-state index contributed by atoms with van der Waals surface area (Å²) in [4.78, 5) is 29.2. The Bertz CT molecular complexity index is 833. The zero-order chi connectivity index (χ0) is 21.5. The van der Waals surface area contributed by atoms with Gasteiger partial charge in [-0.3, -0.25) is 14.5 Å². The highest BCUT2D eigenvalue weighted by molar-refractivity contribution is 7.09. The molecule has 2 aromatic rings. The molecule has 1 fully saturated rings. The minimum Gasteiger partial charge on any atom is -0.354 e. The molecule has 2 heterocycles. The summed E-state index contributed by atoms with van der Waals surface area (Å²) in [5.41, 5.74) is 0.385. The number of hydrogen-bond donors (Lipinski definition) is 2. The molecule has 1 atom stereocenters. The van der Waals surface area contributed by atoms with Gasteiger partial charge in [0.15, 0.2) is 0 Å². The van der Waals surface area contributed by atoms with Crippen LogP contribution < -0.4 is 10.6 Å². The predicted octanol–water partition coefficient (Wildman–Crippen LogP) is 4.18. The van der Waals surface area contributed by atoms with Crippen LogP contribution in [-0.2, 0) is 11.3 Å². The summed E-state index contributed by atoms with van der Waals surface area (Å²) in [5.74, 6) is -0.00699. The number of thiophene rings is 1. The van der Waals surface area contributed by atoms with Crippen molar-refractivity contribution in [2.24, 2.45) is 11.8 Å². The van der Waals surface area contributed by atoms with Crippen molar-refractivity contribution >= 4 is 34.8 Å². The van der Waals surface area contributed by atoms with Gasteiger partial charge in [-0.15, -0.1) is 11.3 Å². The van der Waals surface area contributed by atoms with Crippen molar-refractivity contribution in [3.8, 4) is 0 Å². The second-order valence-electron chi connectivity index (χ2n) is 8.22. The number of likely N-dealkylation sites (tertiary alicyclic amines) is 1. The molecule has 0 bridgehead atoms. The average molecular weight is 448 g/mol. The van der Waals surface area contributed by atoms with Gasteiger partial charge >= 0.3 is 0 Å². The molecule has 1 aliphatic rings. The molecule has 1 saturated heterocycles. The van der Waals surface area contributed by atoms with E-state index in [1.165, 1.54) is 4.88 Å². The number of halogens is 1. The molecular formula is C23H30ClN3O2S. The normalized spacial score (nSPS) is 16.4. The lowest BCUT2D eigenvalue weighted by molar-refractivity contribution is -0.124. The third-order valence-electron chi connectivity index (χ3n) is 5.59. The average Bonchev–Trinajstić information content (AvgIpc) is 3.24. The first-order valence-electron chi connectivity index (χ1n) is 10.5. The molecule has 3 rings (SSSR count). The molecular weight excluding hydrogens is 418 g/mol. The van der Waals surface area contributed by atoms with Gasteiger partial charge in [0.2, 0.25) is 5.91 Å². The highest BCUT2D eigenvalue weighted by Gasteiger charge is 2.27. The van der Waals surface area contributed by atoms with Crippen molar-refractivity contribution in [1.29, 1.82) is 0 Å². The largest absolute Gasteiger partial charge is 0.354 e. The Morgan fingerprint density at radius 2 is 1.90 bits per heavy atom. The fraction of sp³-hybridized carbons (Fsp3) is 0.478. The summed E-state index contributed by atoms with van der Waals surface area (Å²) in [6.45, 7) is 7.63. The number of piperidine rings is 1. The molecule has 7 heteroatoms. The van der Waals surface area contributed by atoms with Crippen LogP contribution in [0.1, 0.15) is 41.9 Å². The van der Waals surface area contributed by atoms with Gasteiger partial charge in [-0.25, -0.2) is 0 Å². The maximum Gasteiger partial charge on any atom is 0.253 e. The molecule has 1 unspecified atom stereocenters. The number of nitrogens with zero attached hydrogens (tertiary/aromatic N) is 1. The summed E-state index contributed by atoms with van der Waals surface area (Å²) in [5, 5.41) is 8.41. The Kier molecular flexibility index (Phi) is 8.31. The first-order valence-corrected chi connectivity index (χ1v) is 11.8. The van der Waals surface area contributed by atoms with E-state index in [2.05, 4.69) is 33.0 Å². The topological polar surface area (TPSA) is 61.4 Å². The van der Waals surface area contributed by atoms with Gasteiger partial charge in [0.05, 0.1) is 10.6 Å². The molecule has 0 aliphatic carbocycles. The zero-order valence-electron chi connectivity index (χ0n) is 17.6. The van der Waals surface area contributed by atoms with Crippen LogP contribution in [-0.4, -0.2) is 42.4 Å². The molecule has 1 aliphatic heterocycles. The lowest BCUT2D eigenvalue weighted by Gasteiger charge is -2.32. The van der Waals surface area contributed by atoms with Crippen LogP contribution in [0.3, 0.4) is 0 Å². The van der Waals surface area contributed by atoms with Crippen molar-refractivity contribution in [1.82, 2.24) is 15.5 Å². The molecule has 0 radical (unpaired) electrons. The van der Waals surface area contributed by atoms with E-state index in [9.17, 15) is 9.59 Å². The fourth-order valence-electron chi connectivity index (χ4n) is 3.73. The number of amides is 2. The lowest BCUT2D eigenvalue weighted by Crippen LogP contribution is -2.51. The van der Waals surface area contributed by atoms with Crippen molar-refractivity contribution in [3.63, 3.8) is 0 Å². The van der Waals surface area contributed by atoms with E-state index in [-0.39, 0.29) is 17.7 Å². The van der Waals surface area contributed by atoms with E-state index in [1.807, 2.05) is 13.8 Å². The second kappa shape index (κ2) is 10.9. The van der Waals surface area contributed by atoms with Crippen molar-refractivity contribution < 1.29 is 9.59 Å². The van der Waals surface area contributed by atoms with Crippen LogP contribution in [0.15, 0.2) is 41.8 Å². The van der Waals surface area contributed by atoms with E-state index in [4.69, 9.17) is 11.6 Å². The van der Waals surface area contributed by atoms with E-state index < -0.39 is 6.04 Å². The summed E-state index contributed by atoms with van der Waals surface area (Å²) in [7, 11) is 0. The van der Waals surface area contributed by atoms with Gasteiger partial charge in [0.25, 0.3) is 5.91 Å². The molecule has 30 heavy (non-hydrogen) atoms. The van der Waals surface area contributed by atoms with E-state index in [0.29, 0.717) is 23.0 Å². The van der Waals surface area contributed by atoms with E-state index in [0.717, 1.165) is 32.5 Å². The van der Waals surface area contributed by atoms with Crippen LogP contribution >= 0.6 is 22.9 Å². The third kappa shape index (κ3) is 6.30. The molecule has 5 nitrogen and oxygen atoms in total. The van der Waals surface area contributed by atoms with Crippen LogP contribution in [0.2, 0.25) is 5.02 Å². The van der Waals surface area contributed by atoms with Crippen molar-refractivity contribution in [2.75, 3.05) is 19.6 Å². The number of nitrogens with one attached hydrogen (secondary N) is 2. The van der Waals surface area contributed by atoms with Crippen molar-refractivity contribution in [2.45, 2.75) is 39.3 Å². The fourth-order valence-corrected chi connectivity index (χ4v) is 4.69. The molecule has 1 aromatic carbocycles. The Hall–Kier alpha value is -1.89. The molecule has 2 N–H and O–H groups in total. The van der Waals surface area contributed by atoms with Gasteiger partial charge in [0.1, 0.15) is 6.04 Å². The number of benzene rings is 1. The maximum absolute atomic E-state index is 12.8. The lowest BCUT2D eigenvalue weighted by atomic mass is 9.96. The van der Waals surface area contributed by atoms with E-state index >= 15 is 0 Å². The van der Waals surface area contributed by atoms with Crippen LogP contribution in [0, 0.1) is 11.8 Å². The number of carbonyl (C=O) groups is 2. The SMILES string of the molecule is CC(C)C(NC(=O)c1ccccc1Cl)C(=O)NCC1CCN(Cc2cccs2)CC1. The summed E-state index contributed by atoms with van der Waals surface area (Å²) in [6, 6.07) is 10.6. The van der Waals surface area contributed by atoms with Gasteiger partial charge in [-0.05, 0) is 61.3 Å². The maximum atomic E-state index is 12.8. The number of carbonyl (C=O) groups excluding carboxylic acids is 2. The molecule has 2 amide bonds. The highest BCUT2D eigenvalue weighted by atomic mass is 35.5. The molecule has 162 valence electrons. The summed E-state index contributed by atoms with van der Waals surface area (Å²) in [6.07, 6.45) is 2.15. The highest BCUT2D eigenvalue weighted by Crippen LogP contribution is 2.20. The minimum absolute atomic E-state index is 0.0240. The molecule has 0 saturated carbocycles. The smallest absolute Gasteiger partial charge is 0.253 e. The quantitative estimate of drug-likeness (QED) is 0.638. The number of rotatable bonds is 8. The molecule has 0 spiro atoms. The van der Waals surface area contributed by atoms with Gasteiger partial charge in [-0.1, -0.05) is 43.6 Å². The Labute approximate surface area is 187 Å². The van der Waals surface area contributed by atoms with Gasteiger partial charge in [-0.2, -0.15) is 0 Å². The minimum atomic E-state index is -0.590. The van der Waals surface area contributed by atoms with Gasteiger partial charge in [0, 0.05) is 18.0 Å².